The number of piperidine rings is 1. The van der Waals surface area contributed by atoms with Crippen molar-refractivity contribution in [2.24, 2.45) is 5.92 Å². The van der Waals surface area contributed by atoms with E-state index in [-0.39, 0.29) is 17.9 Å². The van der Waals surface area contributed by atoms with Crippen LogP contribution in [0.2, 0.25) is 0 Å². The van der Waals surface area contributed by atoms with Gasteiger partial charge in [0.15, 0.2) is 5.13 Å². The normalized spacial score (nSPS) is 14.2. The Bertz CT molecular complexity index is 1070. The number of amides is 2. The topological polar surface area (TPSA) is 71.5 Å². The molecule has 1 saturated heterocycles. The number of rotatable bonds is 7. The quantitative estimate of drug-likeness (QED) is 0.576. The number of anilines is 1. The Balaban J connectivity index is 1.23. The number of halogens is 1. The van der Waals surface area contributed by atoms with Gasteiger partial charge in [-0.1, -0.05) is 30.3 Å². The van der Waals surface area contributed by atoms with Crippen LogP contribution in [-0.2, 0) is 11.2 Å². The first-order chi connectivity index (χ1) is 15.6. The molecule has 6 nitrogen and oxygen atoms in total. The minimum Gasteiger partial charge on any atom is -0.493 e. The molecule has 0 spiro atoms. The zero-order valence-corrected chi connectivity index (χ0v) is 18.3. The van der Waals surface area contributed by atoms with Gasteiger partial charge < -0.3 is 9.64 Å². The van der Waals surface area contributed by atoms with Gasteiger partial charge in [-0.05, 0) is 43.0 Å². The lowest BCUT2D eigenvalue weighted by molar-refractivity contribution is -0.132. The fraction of sp³-hybridized carbons (Fsp3) is 0.292. The van der Waals surface area contributed by atoms with Gasteiger partial charge in [0, 0.05) is 18.5 Å². The number of nitrogens with zero attached hydrogens (tertiary/aromatic N) is 2. The van der Waals surface area contributed by atoms with Crippen LogP contribution >= 0.6 is 11.3 Å². The van der Waals surface area contributed by atoms with Crippen LogP contribution in [-0.4, -0.2) is 41.4 Å². The van der Waals surface area contributed by atoms with Gasteiger partial charge in [-0.15, -0.1) is 11.3 Å². The molecular weight excluding hydrogens is 429 g/mol. The molecule has 2 amide bonds. The van der Waals surface area contributed by atoms with Gasteiger partial charge in [-0.3, -0.25) is 14.9 Å². The number of carbonyl (C=O) groups is 2. The standard InChI is InChI=1S/C24H24FN3O3S/c25-21-9-5-4-8-20(21)23(30)27-24-26-18(16-32-24)14-22(29)28-12-10-17(11-13-28)15-31-19-6-2-1-3-7-19/h1-9,16-17H,10-15H2,(H,26,27,30). The van der Waals surface area contributed by atoms with E-state index in [9.17, 15) is 14.0 Å². The molecule has 0 aliphatic carbocycles. The summed E-state index contributed by atoms with van der Waals surface area (Å²) in [6.07, 6.45) is 1.98. The molecule has 166 valence electrons. The van der Waals surface area contributed by atoms with Crippen molar-refractivity contribution in [2.45, 2.75) is 19.3 Å². The van der Waals surface area contributed by atoms with Gasteiger partial charge in [0.2, 0.25) is 5.91 Å². The zero-order chi connectivity index (χ0) is 22.3. The Labute approximate surface area is 190 Å². The first-order valence-electron chi connectivity index (χ1n) is 10.5. The molecule has 0 radical (unpaired) electrons. The highest BCUT2D eigenvalue weighted by atomic mass is 32.1. The number of nitrogens with one attached hydrogen (secondary N) is 1. The number of para-hydroxylation sites is 1. The fourth-order valence-corrected chi connectivity index (χ4v) is 4.31. The highest BCUT2D eigenvalue weighted by molar-refractivity contribution is 7.14. The fourth-order valence-electron chi connectivity index (χ4n) is 3.60. The average molecular weight is 454 g/mol. The molecular formula is C24H24FN3O3S. The molecule has 0 bridgehead atoms. The van der Waals surface area contributed by atoms with Crippen molar-refractivity contribution in [1.29, 1.82) is 0 Å². The number of thiazole rings is 1. The highest BCUT2D eigenvalue weighted by Crippen LogP contribution is 2.22. The Morgan fingerprint density at radius 3 is 2.56 bits per heavy atom. The summed E-state index contributed by atoms with van der Waals surface area (Å²) in [6, 6.07) is 15.5. The third-order valence-corrected chi connectivity index (χ3v) is 6.23. The summed E-state index contributed by atoms with van der Waals surface area (Å²) in [5.74, 6) is 0.167. The Morgan fingerprint density at radius 2 is 1.81 bits per heavy atom. The van der Waals surface area contributed by atoms with Gasteiger partial charge in [0.05, 0.1) is 24.3 Å². The maximum absolute atomic E-state index is 13.8. The van der Waals surface area contributed by atoms with Crippen LogP contribution in [0.5, 0.6) is 5.75 Å². The molecule has 1 N–H and O–H groups in total. The van der Waals surface area contributed by atoms with Crippen LogP contribution in [0.4, 0.5) is 9.52 Å². The minimum atomic E-state index is -0.588. The zero-order valence-electron chi connectivity index (χ0n) is 17.5. The molecule has 1 aliphatic rings. The van der Waals surface area contributed by atoms with Crippen LogP contribution in [0.3, 0.4) is 0 Å². The van der Waals surface area contributed by atoms with Crippen molar-refractivity contribution >= 4 is 28.3 Å². The Morgan fingerprint density at radius 1 is 1.09 bits per heavy atom. The molecule has 2 heterocycles. The predicted octanol–water partition coefficient (Wildman–Crippen LogP) is 4.39. The van der Waals surface area contributed by atoms with E-state index in [0.717, 1.165) is 18.6 Å². The Kier molecular flexibility index (Phi) is 7.11. The largest absolute Gasteiger partial charge is 0.493 e. The molecule has 0 saturated carbocycles. The van der Waals surface area contributed by atoms with Crippen molar-refractivity contribution in [2.75, 3.05) is 25.0 Å². The van der Waals surface area contributed by atoms with Crippen LogP contribution in [0, 0.1) is 11.7 Å². The summed E-state index contributed by atoms with van der Waals surface area (Å²) in [5, 5.41) is 4.69. The van der Waals surface area contributed by atoms with Crippen molar-refractivity contribution in [3.63, 3.8) is 0 Å². The van der Waals surface area contributed by atoms with E-state index < -0.39 is 11.7 Å². The second-order valence-corrected chi connectivity index (χ2v) is 8.56. The molecule has 0 unspecified atom stereocenters. The predicted molar refractivity (Wildman–Crippen MR) is 121 cm³/mol. The van der Waals surface area contributed by atoms with Crippen molar-refractivity contribution in [1.82, 2.24) is 9.88 Å². The van der Waals surface area contributed by atoms with Gasteiger partial charge in [0.25, 0.3) is 5.91 Å². The number of carbonyl (C=O) groups excluding carboxylic acids is 2. The lowest BCUT2D eigenvalue weighted by Crippen LogP contribution is -2.40. The SMILES string of the molecule is O=C(Nc1nc(CC(=O)N2CCC(COc3ccccc3)CC2)cs1)c1ccccc1F. The summed E-state index contributed by atoms with van der Waals surface area (Å²) in [5.41, 5.74) is 0.554. The van der Waals surface area contributed by atoms with Crippen LogP contribution in [0.1, 0.15) is 28.9 Å². The summed E-state index contributed by atoms with van der Waals surface area (Å²) in [4.78, 5) is 31.1. The first kappa shape index (κ1) is 22.0. The van der Waals surface area contributed by atoms with E-state index in [1.165, 1.54) is 29.5 Å². The van der Waals surface area contributed by atoms with E-state index in [1.54, 1.807) is 11.4 Å². The number of likely N-dealkylation sites (tertiary alicyclic amines) is 1. The van der Waals surface area contributed by atoms with E-state index in [4.69, 9.17) is 4.74 Å². The average Bonchev–Trinajstić information content (AvgIpc) is 3.25. The maximum atomic E-state index is 13.8. The highest BCUT2D eigenvalue weighted by Gasteiger charge is 2.24. The summed E-state index contributed by atoms with van der Waals surface area (Å²) in [6.45, 7) is 2.05. The van der Waals surface area contributed by atoms with Crippen LogP contribution < -0.4 is 10.1 Å². The molecule has 2 aromatic carbocycles. The van der Waals surface area contributed by atoms with E-state index in [2.05, 4.69) is 10.3 Å². The summed E-state index contributed by atoms with van der Waals surface area (Å²) >= 11 is 1.22. The van der Waals surface area contributed by atoms with E-state index in [1.807, 2.05) is 35.2 Å². The number of benzene rings is 2. The molecule has 1 aromatic heterocycles. The first-order valence-corrected chi connectivity index (χ1v) is 11.4. The van der Waals surface area contributed by atoms with Gasteiger partial charge in [-0.2, -0.15) is 0 Å². The lowest BCUT2D eigenvalue weighted by atomic mass is 9.97. The molecule has 32 heavy (non-hydrogen) atoms. The number of hydrogen-bond donors (Lipinski definition) is 1. The third kappa shape index (κ3) is 5.70. The molecule has 1 aliphatic heterocycles. The van der Waals surface area contributed by atoms with Crippen molar-refractivity contribution < 1.29 is 18.7 Å². The van der Waals surface area contributed by atoms with Crippen molar-refractivity contribution in [3.05, 3.63) is 77.1 Å². The molecule has 1 fully saturated rings. The van der Waals surface area contributed by atoms with E-state index in [0.29, 0.717) is 36.4 Å². The second kappa shape index (κ2) is 10.4. The summed E-state index contributed by atoms with van der Waals surface area (Å²) < 4.78 is 19.6. The van der Waals surface area contributed by atoms with Crippen LogP contribution in [0.15, 0.2) is 60.0 Å². The number of ether oxygens (including phenoxy) is 1. The Hall–Kier alpha value is -3.26. The smallest absolute Gasteiger partial charge is 0.260 e. The molecule has 4 rings (SSSR count). The van der Waals surface area contributed by atoms with Gasteiger partial charge in [0.1, 0.15) is 11.6 Å². The lowest BCUT2D eigenvalue weighted by Gasteiger charge is -2.31. The van der Waals surface area contributed by atoms with Crippen LogP contribution in [0.25, 0.3) is 0 Å². The van der Waals surface area contributed by atoms with E-state index >= 15 is 0 Å². The molecule has 3 aromatic rings. The summed E-state index contributed by atoms with van der Waals surface area (Å²) in [7, 11) is 0. The monoisotopic (exact) mass is 453 g/mol. The van der Waals surface area contributed by atoms with Crippen molar-refractivity contribution in [3.8, 4) is 5.75 Å². The van der Waals surface area contributed by atoms with Gasteiger partial charge in [-0.25, -0.2) is 9.37 Å². The maximum Gasteiger partial charge on any atom is 0.260 e. The third-order valence-electron chi connectivity index (χ3n) is 5.42. The number of hydrogen-bond acceptors (Lipinski definition) is 5. The minimum absolute atomic E-state index is 0.0182. The molecule has 8 heteroatoms. The van der Waals surface area contributed by atoms with Gasteiger partial charge >= 0.3 is 0 Å². The number of aromatic nitrogens is 1. The second-order valence-electron chi connectivity index (χ2n) is 7.70. The molecule has 0 atom stereocenters.